The van der Waals surface area contributed by atoms with Crippen molar-refractivity contribution in [3.63, 3.8) is 0 Å². The quantitative estimate of drug-likeness (QED) is 0.586. The van der Waals surface area contributed by atoms with Crippen molar-refractivity contribution in [2.24, 2.45) is 11.8 Å². The Labute approximate surface area is 83.9 Å². The third-order valence-electron chi connectivity index (χ3n) is 3.20. The Morgan fingerprint density at radius 2 is 1.69 bits per heavy atom. The van der Waals surface area contributed by atoms with E-state index in [2.05, 4.69) is 27.7 Å². The standard InChI is InChI=1S/C12H26O/c1-6-9-12(13-5)11(8-3)10(4)7-2/h10-12H,6-9H2,1-5H3. The van der Waals surface area contributed by atoms with Gasteiger partial charge in [-0.2, -0.15) is 0 Å². The molecule has 0 bridgehead atoms. The fourth-order valence-corrected chi connectivity index (χ4v) is 2.13. The summed E-state index contributed by atoms with van der Waals surface area (Å²) in [7, 11) is 1.85. The fourth-order valence-electron chi connectivity index (χ4n) is 2.13. The van der Waals surface area contributed by atoms with Gasteiger partial charge in [-0.25, -0.2) is 0 Å². The summed E-state index contributed by atoms with van der Waals surface area (Å²) >= 11 is 0. The summed E-state index contributed by atoms with van der Waals surface area (Å²) < 4.78 is 5.57. The summed E-state index contributed by atoms with van der Waals surface area (Å²) in [6.45, 7) is 9.12. The highest BCUT2D eigenvalue weighted by molar-refractivity contribution is 4.73. The van der Waals surface area contributed by atoms with Gasteiger partial charge in [-0.3, -0.25) is 0 Å². The fraction of sp³-hybridized carbons (Fsp3) is 1.00. The first-order chi connectivity index (χ1) is 6.21. The van der Waals surface area contributed by atoms with Crippen LogP contribution in [0.1, 0.15) is 53.4 Å². The summed E-state index contributed by atoms with van der Waals surface area (Å²) in [4.78, 5) is 0. The Kier molecular flexibility index (Phi) is 7.35. The van der Waals surface area contributed by atoms with E-state index in [4.69, 9.17) is 4.74 Å². The van der Waals surface area contributed by atoms with E-state index < -0.39 is 0 Å². The molecular formula is C12H26O. The van der Waals surface area contributed by atoms with E-state index >= 15 is 0 Å². The van der Waals surface area contributed by atoms with E-state index in [0.29, 0.717) is 6.10 Å². The van der Waals surface area contributed by atoms with Crippen LogP contribution in [0.5, 0.6) is 0 Å². The first-order valence-electron chi connectivity index (χ1n) is 5.73. The predicted octanol–water partition coefficient (Wildman–Crippen LogP) is 3.87. The van der Waals surface area contributed by atoms with Crippen LogP contribution in [0.4, 0.5) is 0 Å². The van der Waals surface area contributed by atoms with Crippen LogP contribution >= 0.6 is 0 Å². The summed E-state index contributed by atoms with van der Waals surface area (Å²) in [5, 5.41) is 0. The molecule has 0 aromatic carbocycles. The Balaban J connectivity index is 4.15. The van der Waals surface area contributed by atoms with Gasteiger partial charge in [0.25, 0.3) is 0 Å². The van der Waals surface area contributed by atoms with Crippen molar-refractivity contribution >= 4 is 0 Å². The number of hydrogen-bond acceptors (Lipinski definition) is 1. The zero-order chi connectivity index (χ0) is 10.3. The van der Waals surface area contributed by atoms with Gasteiger partial charge in [0.15, 0.2) is 0 Å². The minimum absolute atomic E-state index is 0.477. The van der Waals surface area contributed by atoms with Crippen molar-refractivity contribution in [2.45, 2.75) is 59.5 Å². The molecule has 0 saturated heterocycles. The van der Waals surface area contributed by atoms with E-state index in [0.717, 1.165) is 11.8 Å². The molecule has 0 aliphatic rings. The van der Waals surface area contributed by atoms with Crippen LogP contribution < -0.4 is 0 Å². The smallest absolute Gasteiger partial charge is 0.0601 e. The minimum Gasteiger partial charge on any atom is -0.381 e. The highest BCUT2D eigenvalue weighted by Gasteiger charge is 2.23. The van der Waals surface area contributed by atoms with Gasteiger partial charge in [-0.15, -0.1) is 0 Å². The maximum absolute atomic E-state index is 5.57. The second kappa shape index (κ2) is 7.37. The van der Waals surface area contributed by atoms with Gasteiger partial charge in [-0.05, 0) is 18.3 Å². The van der Waals surface area contributed by atoms with Gasteiger partial charge < -0.3 is 4.74 Å². The largest absolute Gasteiger partial charge is 0.381 e. The summed E-state index contributed by atoms with van der Waals surface area (Å²) in [5.41, 5.74) is 0. The van der Waals surface area contributed by atoms with E-state index in [1.165, 1.54) is 25.7 Å². The molecule has 0 aliphatic carbocycles. The molecule has 0 aromatic rings. The molecule has 0 saturated carbocycles. The monoisotopic (exact) mass is 186 g/mol. The lowest BCUT2D eigenvalue weighted by atomic mass is 9.83. The summed E-state index contributed by atoms with van der Waals surface area (Å²) in [5.74, 6) is 1.54. The van der Waals surface area contributed by atoms with E-state index in [9.17, 15) is 0 Å². The molecule has 0 radical (unpaired) electrons. The molecule has 80 valence electrons. The number of methoxy groups -OCH3 is 1. The van der Waals surface area contributed by atoms with Gasteiger partial charge in [-0.1, -0.05) is 47.0 Å². The number of rotatable bonds is 7. The molecular weight excluding hydrogens is 160 g/mol. The lowest BCUT2D eigenvalue weighted by Gasteiger charge is -2.29. The van der Waals surface area contributed by atoms with Crippen molar-refractivity contribution in [1.29, 1.82) is 0 Å². The van der Waals surface area contributed by atoms with Crippen molar-refractivity contribution in [3.05, 3.63) is 0 Å². The zero-order valence-electron chi connectivity index (χ0n) is 9.97. The van der Waals surface area contributed by atoms with Crippen molar-refractivity contribution in [3.8, 4) is 0 Å². The number of ether oxygens (including phenoxy) is 1. The Morgan fingerprint density at radius 1 is 1.08 bits per heavy atom. The molecule has 0 spiro atoms. The minimum atomic E-state index is 0.477. The lowest BCUT2D eigenvalue weighted by molar-refractivity contribution is 0.0208. The molecule has 0 amide bonds. The highest BCUT2D eigenvalue weighted by Crippen LogP contribution is 2.26. The van der Waals surface area contributed by atoms with Crippen LogP contribution in [0.25, 0.3) is 0 Å². The van der Waals surface area contributed by atoms with E-state index in [1.807, 2.05) is 7.11 Å². The summed E-state index contributed by atoms with van der Waals surface area (Å²) in [6.07, 6.45) is 5.42. The molecule has 13 heavy (non-hydrogen) atoms. The maximum atomic E-state index is 5.57. The molecule has 1 heteroatoms. The third-order valence-corrected chi connectivity index (χ3v) is 3.20. The average Bonchev–Trinajstić information content (AvgIpc) is 2.17. The Hall–Kier alpha value is -0.0400. The average molecular weight is 186 g/mol. The highest BCUT2D eigenvalue weighted by atomic mass is 16.5. The summed E-state index contributed by atoms with van der Waals surface area (Å²) in [6, 6.07) is 0. The Bertz CT molecular complexity index is 112. The Morgan fingerprint density at radius 3 is 2.00 bits per heavy atom. The van der Waals surface area contributed by atoms with E-state index in [1.54, 1.807) is 0 Å². The first kappa shape index (κ1) is 13.0. The second-order valence-electron chi connectivity index (χ2n) is 4.02. The van der Waals surface area contributed by atoms with Crippen LogP contribution in [0.2, 0.25) is 0 Å². The molecule has 0 heterocycles. The molecule has 0 rings (SSSR count). The molecule has 0 aromatic heterocycles. The number of hydrogen-bond donors (Lipinski definition) is 0. The van der Waals surface area contributed by atoms with Crippen LogP contribution in [-0.4, -0.2) is 13.2 Å². The van der Waals surface area contributed by atoms with Crippen molar-refractivity contribution in [2.75, 3.05) is 7.11 Å². The van der Waals surface area contributed by atoms with Crippen LogP contribution in [-0.2, 0) is 4.74 Å². The van der Waals surface area contributed by atoms with Crippen molar-refractivity contribution < 1.29 is 4.74 Å². The third kappa shape index (κ3) is 4.12. The zero-order valence-corrected chi connectivity index (χ0v) is 9.97. The lowest BCUT2D eigenvalue weighted by Crippen LogP contribution is -2.27. The van der Waals surface area contributed by atoms with E-state index in [-0.39, 0.29) is 0 Å². The molecule has 1 nitrogen and oxygen atoms in total. The molecule has 0 N–H and O–H groups in total. The van der Waals surface area contributed by atoms with Crippen molar-refractivity contribution in [1.82, 2.24) is 0 Å². The molecule has 0 aliphatic heterocycles. The van der Waals surface area contributed by atoms with Gasteiger partial charge in [0.2, 0.25) is 0 Å². The molecule has 0 fully saturated rings. The van der Waals surface area contributed by atoms with Gasteiger partial charge in [0, 0.05) is 7.11 Å². The normalized spacial score (nSPS) is 18.2. The van der Waals surface area contributed by atoms with Gasteiger partial charge in [0.1, 0.15) is 0 Å². The second-order valence-corrected chi connectivity index (χ2v) is 4.02. The van der Waals surface area contributed by atoms with Gasteiger partial charge >= 0.3 is 0 Å². The molecule has 3 atom stereocenters. The first-order valence-corrected chi connectivity index (χ1v) is 5.73. The van der Waals surface area contributed by atoms with Crippen LogP contribution in [0.15, 0.2) is 0 Å². The van der Waals surface area contributed by atoms with Gasteiger partial charge in [0.05, 0.1) is 6.10 Å². The SMILES string of the molecule is CCCC(OC)C(CC)C(C)CC. The van der Waals surface area contributed by atoms with Crippen LogP contribution in [0.3, 0.4) is 0 Å². The topological polar surface area (TPSA) is 9.23 Å². The predicted molar refractivity (Wildman–Crippen MR) is 58.9 cm³/mol. The maximum Gasteiger partial charge on any atom is 0.0601 e. The molecule has 3 unspecified atom stereocenters. The van der Waals surface area contributed by atoms with Crippen LogP contribution in [0, 0.1) is 11.8 Å².